The molecule has 0 atom stereocenters. The Labute approximate surface area is 221 Å². The molecule has 0 aliphatic heterocycles. The molecule has 5 N–H and O–H groups in total. The van der Waals surface area contributed by atoms with Crippen molar-refractivity contribution in [2.75, 3.05) is 31.0 Å². The third-order valence-corrected chi connectivity index (χ3v) is 9.15. The summed E-state index contributed by atoms with van der Waals surface area (Å²) in [6.45, 7) is 13.2. The van der Waals surface area contributed by atoms with E-state index in [-0.39, 0.29) is 21.9 Å². The van der Waals surface area contributed by atoms with Crippen molar-refractivity contribution in [3.8, 4) is 0 Å². The summed E-state index contributed by atoms with van der Waals surface area (Å²) in [5.74, 6) is -0.683. The van der Waals surface area contributed by atoms with Crippen molar-refractivity contribution in [3.63, 3.8) is 0 Å². The minimum Gasteiger partial charge on any atom is -0.405 e. The van der Waals surface area contributed by atoms with Crippen molar-refractivity contribution in [3.05, 3.63) is 83.7 Å². The zero-order chi connectivity index (χ0) is 27.4. The first-order chi connectivity index (χ1) is 16.8. The van der Waals surface area contributed by atoms with Gasteiger partial charge in [-0.1, -0.05) is 39.0 Å². The third kappa shape index (κ3) is 10.3. The molecule has 1 heterocycles. The number of hydrogen-bond acceptors (Lipinski definition) is 6. The second kappa shape index (κ2) is 14.5. The number of rotatable bonds is 10. The molecular formula is C26H38ClN5O3S. The van der Waals surface area contributed by atoms with Gasteiger partial charge in [-0.05, 0) is 61.2 Å². The SMILES string of the molecule is C=C/C(=C\C=C\N)NCCOS(C)(C)C(C)(C)C.CC(=O)c1nc[nH]c1C(=O)Nc1ccc(Cl)cc1. The fourth-order valence-corrected chi connectivity index (χ4v) is 3.42. The predicted octanol–water partition coefficient (Wildman–Crippen LogP) is 5.43. The lowest BCUT2D eigenvalue weighted by Crippen LogP contribution is -2.27. The van der Waals surface area contributed by atoms with E-state index in [4.69, 9.17) is 21.5 Å². The number of H-pyrrole nitrogens is 1. The summed E-state index contributed by atoms with van der Waals surface area (Å²) >= 11 is 5.74. The standard InChI is InChI=1S/C14H28N2OS.C12H10ClN3O2/c1-7-13(9-8-10-15)16-11-12-17-18(5,6)14(2,3)4;1-7(17)10-11(15-6-14-10)12(18)16-9-4-2-8(13)3-5-9/h7-10,16H,1,11-12,15H2,2-6H3;2-6H,1H3,(H,14,15)(H,16,18)/b10-8+,13-9+;. The Morgan fingerprint density at radius 2 is 1.89 bits per heavy atom. The van der Waals surface area contributed by atoms with E-state index in [2.05, 4.69) is 60.5 Å². The van der Waals surface area contributed by atoms with Gasteiger partial charge in [0.1, 0.15) is 11.4 Å². The first-order valence-electron chi connectivity index (χ1n) is 11.3. The second-order valence-electron chi connectivity index (χ2n) is 8.95. The minimum absolute atomic E-state index is 0.126. The van der Waals surface area contributed by atoms with Crippen LogP contribution in [-0.4, -0.2) is 52.1 Å². The van der Waals surface area contributed by atoms with Gasteiger partial charge in [0.15, 0.2) is 5.78 Å². The van der Waals surface area contributed by atoms with Crippen LogP contribution in [0.15, 0.2) is 67.3 Å². The number of benzene rings is 1. The van der Waals surface area contributed by atoms with Crippen LogP contribution in [0.4, 0.5) is 5.69 Å². The van der Waals surface area contributed by atoms with Crippen LogP contribution in [0.5, 0.6) is 0 Å². The van der Waals surface area contributed by atoms with E-state index in [0.717, 1.165) is 12.2 Å². The van der Waals surface area contributed by atoms with E-state index >= 15 is 0 Å². The number of amides is 1. The van der Waals surface area contributed by atoms with Crippen LogP contribution in [0.1, 0.15) is 48.7 Å². The molecule has 1 aromatic carbocycles. The van der Waals surface area contributed by atoms with Crippen molar-refractivity contribution >= 4 is 39.3 Å². The molecule has 0 radical (unpaired) electrons. The molecule has 198 valence electrons. The maximum Gasteiger partial charge on any atom is 0.274 e. The molecule has 0 spiro atoms. The molecule has 0 fully saturated rings. The topological polar surface area (TPSA) is 122 Å². The normalized spacial score (nSPS) is 12.5. The molecule has 0 unspecified atom stereocenters. The van der Waals surface area contributed by atoms with Crippen molar-refractivity contribution < 1.29 is 13.8 Å². The number of halogens is 1. The van der Waals surface area contributed by atoms with Gasteiger partial charge in [0, 0.05) is 34.6 Å². The Morgan fingerprint density at radius 1 is 1.25 bits per heavy atom. The van der Waals surface area contributed by atoms with Crippen LogP contribution in [-0.2, 0) is 4.18 Å². The van der Waals surface area contributed by atoms with E-state index in [9.17, 15) is 9.59 Å². The van der Waals surface area contributed by atoms with Gasteiger partial charge in [-0.25, -0.2) is 4.98 Å². The van der Waals surface area contributed by atoms with Crippen molar-refractivity contribution in [2.24, 2.45) is 5.73 Å². The highest BCUT2D eigenvalue weighted by Crippen LogP contribution is 2.53. The molecule has 0 saturated heterocycles. The van der Waals surface area contributed by atoms with Crippen LogP contribution in [0, 0.1) is 0 Å². The summed E-state index contributed by atoms with van der Waals surface area (Å²) < 4.78 is 6.21. The summed E-state index contributed by atoms with van der Waals surface area (Å²) in [6.07, 6.45) is 12.6. The van der Waals surface area contributed by atoms with Gasteiger partial charge < -0.3 is 25.5 Å². The minimum atomic E-state index is -1.04. The summed E-state index contributed by atoms with van der Waals surface area (Å²) in [7, 11) is -1.04. The molecule has 10 heteroatoms. The molecule has 0 aliphatic carbocycles. The lowest BCUT2D eigenvalue weighted by molar-refractivity contribution is 0.0980. The average Bonchev–Trinajstić information content (AvgIpc) is 3.30. The van der Waals surface area contributed by atoms with Gasteiger partial charge in [0.25, 0.3) is 5.91 Å². The maximum atomic E-state index is 11.9. The Kier molecular flexibility index (Phi) is 12.5. The highest BCUT2D eigenvalue weighted by atomic mass is 35.5. The molecular weight excluding hydrogens is 498 g/mol. The largest absolute Gasteiger partial charge is 0.405 e. The Bertz CT molecular complexity index is 1070. The third-order valence-electron chi connectivity index (χ3n) is 5.19. The summed E-state index contributed by atoms with van der Waals surface area (Å²) in [6, 6.07) is 6.67. The number of anilines is 1. The number of aromatic amines is 1. The van der Waals surface area contributed by atoms with Gasteiger partial charge in [0.2, 0.25) is 0 Å². The number of aromatic nitrogens is 2. The maximum absolute atomic E-state index is 11.9. The molecule has 0 aliphatic rings. The molecule has 1 aromatic heterocycles. The van der Waals surface area contributed by atoms with Crippen LogP contribution < -0.4 is 16.4 Å². The average molecular weight is 536 g/mol. The van der Waals surface area contributed by atoms with E-state index in [1.165, 1.54) is 19.5 Å². The number of allylic oxidation sites excluding steroid dienone is 3. The first-order valence-corrected chi connectivity index (χ1v) is 14.0. The van der Waals surface area contributed by atoms with Crippen LogP contribution in [0.3, 0.4) is 0 Å². The van der Waals surface area contributed by atoms with Crippen molar-refractivity contribution in [1.29, 1.82) is 0 Å². The van der Waals surface area contributed by atoms with Crippen molar-refractivity contribution in [1.82, 2.24) is 15.3 Å². The first kappa shape index (κ1) is 31.0. The number of ketones is 1. The van der Waals surface area contributed by atoms with E-state index in [1.54, 1.807) is 36.4 Å². The fourth-order valence-electron chi connectivity index (χ4n) is 2.44. The number of hydrogen-bond donors (Lipinski definition) is 4. The van der Waals surface area contributed by atoms with Gasteiger partial charge >= 0.3 is 0 Å². The van der Waals surface area contributed by atoms with Gasteiger partial charge in [-0.2, -0.15) is 0 Å². The molecule has 2 rings (SSSR count). The summed E-state index contributed by atoms with van der Waals surface area (Å²) in [5.41, 5.74) is 7.10. The number of nitrogens with zero attached hydrogens (tertiary/aromatic N) is 1. The zero-order valence-electron chi connectivity index (χ0n) is 21.9. The molecule has 0 bridgehead atoms. The second-order valence-corrected chi connectivity index (χ2v) is 13.3. The van der Waals surface area contributed by atoms with Gasteiger partial charge in [0.05, 0.1) is 12.9 Å². The van der Waals surface area contributed by atoms with E-state index in [0.29, 0.717) is 17.3 Å². The molecule has 8 nitrogen and oxygen atoms in total. The van der Waals surface area contributed by atoms with Gasteiger partial charge in [-0.3, -0.25) is 9.59 Å². The monoisotopic (exact) mass is 535 g/mol. The summed E-state index contributed by atoms with van der Waals surface area (Å²) in [4.78, 5) is 29.6. The number of nitrogens with one attached hydrogen (secondary N) is 3. The zero-order valence-corrected chi connectivity index (χ0v) is 23.4. The Morgan fingerprint density at radius 3 is 2.42 bits per heavy atom. The highest BCUT2D eigenvalue weighted by Gasteiger charge is 2.28. The van der Waals surface area contributed by atoms with E-state index in [1.807, 2.05) is 6.08 Å². The number of Topliss-reactive ketones (excluding diaryl/α,β-unsaturated/α-hetero) is 1. The van der Waals surface area contributed by atoms with Gasteiger partial charge in [-0.15, -0.1) is 10.3 Å². The Hall–Kier alpha value is -3.01. The number of nitrogens with two attached hydrogens (primary N) is 1. The molecule has 0 saturated carbocycles. The lowest BCUT2D eigenvalue weighted by atomic mass is 10.2. The van der Waals surface area contributed by atoms with Crippen LogP contribution in [0.2, 0.25) is 5.02 Å². The Balaban J connectivity index is 0.000000360. The van der Waals surface area contributed by atoms with Crippen LogP contribution in [0.25, 0.3) is 0 Å². The van der Waals surface area contributed by atoms with Crippen LogP contribution >= 0.6 is 21.9 Å². The number of carbonyl (C=O) groups is 2. The predicted molar refractivity (Wildman–Crippen MR) is 153 cm³/mol. The molecule has 2 aromatic rings. The smallest absolute Gasteiger partial charge is 0.274 e. The quantitative estimate of drug-likeness (QED) is 0.183. The molecule has 36 heavy (non-hydrogen) atoms. The fraction of sp³-hybridized carbons (Fsp3) is 0.346. The van der Waals surface area contributed by atoms with Crippen molar-refractivity contribution in [2.45, 2.75) is 32.4 Å². The highest BCUT2D eigenvalue weighted by molar-refractivity contribution is 8.29. The molecule has 1 amide bonds. The lowest BCUT2D eigenvalue weighted by Gasteiger charge is -2.43. The van der Waals surface area contributed by atoms with E-state index < -0.39 is 16.2 Å². The summed E-state index contributed by atoms with van der Waals surface area (Å²) in [5, 5.41) is 6.48. The number of carbonyl (C=O) groups excluding carboxylic acids is 2. The number of imidazole rings is 1.